The quantitative estimate of drug-likeness (QED) is 0.754. The molecule has 24 heavy (non-hydrogen) atoms. The maximum absolute atomic E-state index is 13.3. The number of urea groups is 1. The smallest absolute Gasteiger partial charge is 0.319 e. The van der Waals surface area contributed by atoms with Crippen LogP contribution in [-0.2, 0) is 0 Å². The van der Waals surface area contributed by atoms with Crippen LogP contribution < -0.4 is 10.6 Å². The number of aliphatic hydroxyl groups is 1. The van der Waals surface area contributed by atoms with Crippen LogP contribution in [0.15, 0.2) is 48.5 Å². The largest absolute Gasteiger partial charge is 0.393 e. The minimum absolute atomic E-state index is 0.00514. The molecular weight excluding hydrogens is 307 g/mol. The van der Waals surface area contributed by atoms with Gasteiger partial charge in [0, 0.05) is 18.2 Å². The summed E-state index contributed by atoms with van der Waals surface area (Å²) in [7, 11) is 0. The number of anilines is 1. The highest BCUT2D eigenvalue weighted by Gasteiger charge is 2.15. The Labute approximate surface area is 141 Å². The van der Waals surface area contributed by atoms with Gasteiger partial charge in [0.2, 0.25) is 0 Å². The molecule has 0 saturated heterocycles. The number of benzene rings is 2. The van der Waals surface area contributed by atoms with Gasteiger partial charge < -0.3 is 15.7 Å². The minimum atomic E-state index is -0.467. The summed E-state index contributed by atoms with van der Waals surface area (Å²) < 4.78 is 13.3. The third-order valence-electron chi connectivity index (χ3n) is 3.85. The molecule has 0 aliphatic carbocycles. The molecule has 0 bridgehead atoms. The third kappa shape index (κ3) is 5.35. The lowest BCUT2D eigenvalue weighted by Gasteiger charge is -2.20. The van der Waals surface area contributed by atoms with Gasteiger partial charge in [-0.2, -0.15) is 0 Å². The lowest BCUT2D eigenvalue weighted by Crippen LogP contribution is -2.33. The van der Waals surface area contributed by atoms with E-state index in [-0.39, 0.29) is 5.92 Å². The van der Waals surface area contributed by atoms with E-state index in [4.69, 9.17) is 0 Å². The van der Waals surface area contributed by atoms with Crippen molar-refractivity contribution in [1.29, 1.82) is 0 Å². The molecule has 0 fully saturated rings. The van der Waals surface area contributed by atoms with E-state index >= 15 is 0 Å². The van der Waals surface area contributed by atoms with Crippen molar-refractivity contribution in [1.82, 2.24) is 5.32 Å². The molecule has 2 rings (SSSR count). The molecule has 0 aliphatic rings. The van der Waals surface area contributed by atoms with Crippen molar-refractivity contribution >= 4 is 11.7 Å². The number of carbonyl (C=O) groups is 1. The minimum Gasteiger partial charge on any atom is -0.393 e. The van der Waals surface area contributed by atoms with Gasteiger partial charge in [-0.15, -0.1) is 0 Å². The Morgan fingerprint density at radius 3 is 2.58 bits per heavy atom. The van der Waals surface area contributed by atoms with E-state index in [0.717, 1.165) is 11.1 Å². The highest BCUT2D eigenvalue weighted by atomic mass is 19.1. The molecule has 0 aliphatic heterocycles. The van der Waals surface area contributed by atoms with Crippen LogP contribution in [0.1, 0.15) is 30.4 Å². The van der Waals surface area contributed by atoms with Crippen molar-refractivity contribution in [3.8, 4) is 0 Å². The second-order valence-electron chi connectivity index (χ2n) is 5.99. The molecular formula is C19H23FN2O2. The van der Waals surface area contributed by atoms with Gasteiger partial charge in [-0.1, -0.05) is 36.4 Å². The molecule has 0 aromatic heterocycles. The second-order valence-corrected chi connectivity index (χ2v) is 5.99. The number of amides is 2. The molecule has 2 atom stereocenters. The van der Waals surface area contributed by atoms with Crippen LogP contribution in [0, 0.1) is 12.7 Å². The molecule has 0 saturated carbocycles. The van der Waals surface area contributed by atoms with Crippen LogP contribution in [0.25, 0.3) is 0 Å². The van der Waals surface area contributed by atoms with Gasteiger partial charge in [-0.3, -0.25) is 0 Å². The van der Waals surface area contributed by atoms with Gasteiger partial charge in [-0.05, 0) is 43.5 Å². The van der Waals surface area contributed by atoms with Crippen LogP contribution in [0.4, 0.5) is 14.9 Å². The van der Waals surface area contributed by atoms with E-state index in [1.807, 2.05) is 30.3 Å². The number of rotatable bonds is 6. The van der Waals surface area contributed by atoms with E-state index in [2.05, 4.69) is 10.6 Å². The summed E-state index contributed by atoms with van der Waals surface area (Å²) >= 11 is 0. The zero-order valence-electron chi connectivity index (χ0n) is 13.9. The number of aliphatic hydroxyl groups excluding tert-OH is 1. The highest BCUT2D eigenvalue weighted by molar-refractivity contribution is 5.90. The maximum atomic E-state index is 13.3. The molecule has 5 heteroatoms. The lowest BCUT2D eigenvalue weighted by molar-refractivity contribution is 0.173. The van der Waals surface area contributed by atoms with Gasteiger partial charge in [0.05, 0.1) is 6.10 Å². The fraction of sp³-hybridized carbons (Fsp3) is 0.316. The fourth-order valence-electron chi connectivity index (χ4n) is 2.59. The van der Waals surface area contributed by atoms with Crippen molar-refractivity contribution in [2.45, 2.75) is 32.3 Å². The van der Waals surface area contributed by atoms with E-state index in [0.29, 0.717) is 18.7 Å². The molecule has 0 spiro atoms. The first kappa shape index (κ1) is 17.9. The summed E-state index contributed by atoms with van der Waals surface area (Å²) in [5.41, 5.74) is 2.29. The standard InChI is InChI=1S/C19H23FN2O2/c1-13-8-9-17(20)11-18(13)22-19(24)21-12-16(10-14(2)23)15-6-4-3-5-7-15/h3-9,11,14,16,23H,10,12H2,1-2H3,(H2,21,22,24). The summed E-state index contributed by atoms with van der Waals surface area (Å²) in [6.45, 7) is 3.91. The monoisotopic (exact) mass is 330 g/mol. The third-order valence-corrected chi connectivity index (χ3v) is 3.85. The van der Waals surface area contributed by atoms with Crippen LogP contribution in [0.2, 0.25) is 0 Å². The van der Waals surface area contributed by atoms with Crippen LogP contribution >= 0.6 is 0 Å². The summed E-state index contributed by atoms with van der Waals surface area (Å²) in [4.78, 5) is 12.1. The first-order valence-electron chi connectivity index (χ1n) is 7.99. The summed E-state index contributed by atoms with van der Waals surface area (Å²) in [5, 5.41) is 15.1. The number of aryl methyl sites for hydroxylation is 1. The molecule has 2 aromatic carbocycles. The molecule has 0 radical (unpaired) electrons. The maximum Gasteiger partial charge on any atom is 0.319 e. The first-order valence-corrected chi connectivity index (χ1v) is 7.99. The van der Waals surface area contributed by atoms with Crippen LogP contribution in [0.5, 0.6) is 0 Å². The molecule has 2 aromatic rings. The fourth-order valence-corrected chi connectivity index (χ4v) is 2.59. The number of hydrogen-bond donors (Lipinski definition) is 3. The Morgan fingerprint density at radius 1 is 1.21 bits per heavy atom. The topological polar surface area (TPSA) is 61.4 Å². The normalized spacial score (nSPS) is 13.2. The number of hydrogen-bond acceptors (Lipinski definition) is 2. The zero-order valence-corrected chi connectivity index (χ0v) is 13.9. The average Bonchev–Trinajstić information content (AvgIpc) is 2.55. The Bertz CT molecular complexity index is 674. The van der Waals surface area contributed by atoms with E-state index in [1.54, 1.807) is 19.9 Å². The van der Waals surface area contributed by atoms with Crippen LogP contribution in [0.3, 0.4) is 0 Å². The SMILES string of the molecule is Cc1ccc(F)cc1NC(=O)NCC(CC(C)O)c1ccccc1. The molecule has 0 heterocycles. The first-order chi connectivity index (χ1) is 11.5. The molecule has 2 amide bonds. The Morgan fingerprint density at radius 2 is 1.92 bits per heavy atom. The van der Waals surface area contributed by atoms with Crippen molar-refractivity contribution < 1.29 is 14.3 Å². The van der Waals surface area contributed by atoms with Crippen molar-refractivity contribution in [3.05, 3.63) is 65.5 Å². The van der Waals surface area contributed by atoms with Crippen LogP contribution in [-0.4, -0.2) is 23.8 Å². The number of carbonyl (C=O) groups excluding carboxylic acids is 1. The molecule has 4 nitrogen and oxygen atoms in total. The number of halogens is 1. The predicted octanol–water partition coefficient (Wildman–Crippen LogP) is 3.81. The van der Waals surface area contributed by atoms with Gasteiger partial charge in [0.1, 0.15) is 5.82 Å². The van der Waals surface area contributed by atoms with Crippen molar-refractivity contribution in [3.63, 3.8) is 0 Å². The molecule has 3 N–H and O–H groups in total. The summed E-state index contributed by atoms with van der Waals surface area (Å²) in [6, 6.07) is 13.6. The Hall–Kier alpha value is -2.40. The Kier molecular flexibility index (Phi) is 6.32. The van der Waals surface area contributed by atoms with Gasteiger partial charge in [-0.25, -0.2) is 9.18 Å². The summed E-state index contributed by atoms with van der Waals surface area (Å²) in [5.74, 6) is -0.391. The van der Waals surface area contributed by atoms with E-state index < -0.39 is 18.0 Å². The second kappa shape index (κ2) is 8.45. The summed E-state index contributed by atoms with van der Waals surface area (Å²) in [6.07, 6.45) is 0.0778. The van der Waals surface area contributed by atoms with Gasteiger partial charge >= 0.3 is 6.03 Å². The van der Waals surface area contributed by atoms with Crippen molar-refractivity contribution in [2.75, 3.05) is 11.9 Å². The lowest BCUT2D eigenvalue weighted by atomic mass is 9.93. The van der Waals surface area contributed by atoms with E-state index in [1.165, 1.54) is 12.1 Å². The molecule has 2 unspecified atom stereocenters. The van der Waals surface area contributed by atoms with Gasteiger partial charge in [0.15, 0.2) is 0 Å². The molecule has 128 valence electrons. The van der Waals surface area contributed by atoms with E-state index in [9.17, 15) is 14.3 Å². The Balaban J connectivity index is 1.98. The highest BCUT2D eigenvalue weighted by Crippen LogP contribution is 2.21. The average molecular weight is 330 g/mol. The predicted molar refractivity (Wildman–Crippen MR) is 93.6 cm³/mol. The van der Waals surface area contributed by atoms with Crippen molar-refractivity contribution in [2.24, 2.45) is 0 Å². The zero-order chi connectivity index (χ0) is 17.5. The number of nitrogens with one attached hydrogen (secondary N) is 2. The van der Waals surface area contributed by atoms with Gasteiger partial charge in [0.25, 0.3) is 0 Å².